The summed E-state index contributed by atoms with van der Waals surface area (Å²) in [6, 6.07) is 7.14. The van der Waals surface area contributed by atoms with Crippen molar-refractivity contribution in [2.24, 2.45) is 0 Å². The third-order valence-corrected chi connectivity index (χ3v) is 4.24. The number of benzene rings is 2. The van der Waals surface area contributed by atoms with Crippen molar-refractivity contribution in [3.8, 4) is 5.69 Å². The normalized spacial score (nSPS) is 11.6. The first-order chi connectivity index (χ1) is 11.7. The van der Waals surface area contributed by atoms with Gasteiger partial charge in [-0.05, 0) is 24.3 Å². The second-order valence-corrected chi connectivity index (χ2v) is 7.52. The zero-order valence-corrected chi connectivity index (χ0v) is 14.4. The number of sulfonamides is 1. The molecule has 0 aliphatic heterocycles. The maximum absolute atomic E-state index is 14.3. The molecule has 25 heavy (non-hydrogen) atoms. The first kappa shape index (κ1) is 17.2. The molecule has 0 spiro atoms. The molecule has 0 saturated carbocycles. The average molecular weight is 383 g/mol. The molecule has 1 aromatic heterocycles. The molecule has 3 rings (SSSR count). The van der Waals surface area contributed by atoms with Crippen molar-refractivity contribution in [3.63, 3.8) is 0 Å². The van der Waals surface area contributed by atoms with Crippen LogP contribution in [0, 0.1) is 5.82 Å². The summed E-state index contributed by atoms with van der Waals surface area (Å²) >= 11 is 6.16. The van der Waals surface area contributed by atoms with E-state index in [1.807, 2.05) is 0 Å². The summed E-state index contributed by atoms with van der Waals surface area (Å²) in [5.41, 5.74) is 6.63. The minimum absolute atomic E-state index is 0.0295. The first-order valence-electron chi connectivity index (χ1n) is 6.90. The molecule has 0 saturated heterocycles. The number of nitrogens with one attached hydrogen (secondary N) is 1. The molecule has 1 heterocycles. The van der Waals surface area contributed by atoms with Gasteiger partial charge in [0.1, 0.15) is 5.82 Å². The molecule has 0 unspecified atom stereocenters. The number of halogens is 2. The first-order valence-corrected chi connectivity index (χ1v) is 9.17. The highest BCUT2D eigenvalue weighted by Crippen LogP contribution is 2.28. The number of amides is 1. The lowest BCUT2D eigenvalue weighted by Gasteiger charge is -2.10. The van der Waals surface area contributed by atoms with Crippen LogP contribution in [-0.2, 0) is 10.0 Å². The predicted molar refractivity (Wildman–Crippen MR) is 92.8 cm³/mol. The van der Waals surface area contributed by atoms with Gasteiger partial charge in [-0.25, -0.2) is 22.2 Å². The smallest absolute Gasteiger partial charge is 0.267 e. The van der Waals surface area contributed by atoms with Crippen molar-refractivity contribution in [2.45, 2.75) is 0 Å². The molecule has 130 valence electrons. The second-order valence-electron chi connectivity index (χ2n) is 5.36. The summed E-state index contributed by atoms with van der Waals surface area (Å²) in [6.07, 6.45) is 2.34. The molecule has 0 radical (unpaired) electrons. The van der Waals surface area contributed by atoms with Crippen LogP contribution in [-0.4, -0.2) is 30.4 Å². The van der Waals surface area contributed by atoms with E-state index >= 15 is 0 Å². The Bertz CT molecular complexity index is 1110. The molecule has 0 atom stereocenters. The van der Waals surface area contributed by atoms with Crippen LogP contribution in [0.2, 0.25) is 5.02 Å². The van der Waals surface area contributed by atoms with Crippen LogP contribution >= 0.6 is 11.6 Å². The summed E-state index contributed by atoms with van der Waals surface area (Å²) in [5.74, 6) is -2.04. The molecule has 0 bridgehead atoms. The quantitative estimate of drug-likeness (QED) is 0.674. The molecule has 1 amide bonds. The Morgan fingerprint density at radius 3 is 2.72 bits per heavy atom. The van der Waals surface area contributed by atoms with Crippen LogP contribution in [0.3, 0.4) is 0 Å². The summed E-state index contributed by atoms with van der Waals surface area (Å²) in [4.78, 5) is 11.9. The highest BCUT2D eigenvalue weighted by Gasteiger charge is 2.19. The van der Waals surface area contributed by atoms with Crippen LogP contribution in [0.25, 0.3) is 16.6 Å². The molecule has 2 aromatic carbocycles. The predicted octanol–water partition coefficient (Wildman–Crippen LogP) is 2.09. The van der Waals surface area contributed by atoms with Crippen molar-refractivity contribution in [3.05, 3.63) is 52.9 Å². The average Bonchev–Trinajstić information content (AvgIpc) is 2.90. The van der Waals surface area contributed by atoms with Gasteiger partial charge in [0.05, 0.1) is 34.2 Å². The maximum atomic E-state index is 14.3. The van der Waals surface area contributed by atoms with E-state index in [1.165, 1.54) is 4.68 Å². The minimum Gasteiger partial charge on any atom is -0.399 e. The van der Waals surface area contributed by atoms with Crippen LogP contribution in [0.15, 0.2) is 36.5 Å². The van der Waals surface area contributed by atoms with Gasteiger partial charge in [0.15, 0.2) is 0 Å². The highest BCUT2D eigenvalue weighted by molar-refractivity contribution is 7.89. The van der Waals surface area contributed by atoms with Crippen molar-refractivity contribution in [1.29, 1.82) is 0 Å². The third-order valence-electron chi connectivity index (χ3n) is 3.38. The van der Waals surface area contributed by atoms with E-state index in [0.717, 1.165) is 23.8 Å². The summed E-state index contributed by atoms with van der Waals surface area (Å²) < 4.78 is 39.7. The van der Waals surface area contributed by atoms with Crippen molar-refractivity contribution >= 4 is 44.1 Å². The third kappa shape index (κ3) is 3.42. The Balaban J connectivity index is 2.09. The van der Waals surface area contributed by atoms with E-state index in [4.69, 9.17) is 17.3 Å². The van der Waals surface area contributed by atoms with Crippen LogP contribution < -0.4 is 10.5 Å². The molecule has 10 heteroatoms. The van der Waals surface area contributed by atoms with Gasteiger partial charge < -0.3 is 5.73 Å². The van der Waals surface area contributed by atoms with E-state index in [-0.39, 0.29) is 10.7 Å². The number of fused-ring (bicyclic) bond motifs is 1. The number of carbonyl (C=O) groups is 1. The van der Waals surface area contributed by atoms with E-state index in [1.54, 1.807) is 29.1 Å². The molecule has 0 fully saturated rings. The number of hydrogen-bond donors (Lipinski definition) is 2. The van der Waals surface area contributed by atoms with Gasteiger partial charge in [-0.1, -0.05) is 11.6 Å². The van der Waals surface area contributed by atoms with Gasteiger partial charge in [-0.2, -0.15) is 5.10 Å². The minimum atomic E-state index is -3.83. The van der Waals surface area contributed by atoms with Gasteiger partial charge >= 0.3 is 0 Å². The van der Waals surface area contributed by atoms with Crippen molar-refractivity contribution in [2.75, 3.05) is 12.0 Å². The van der Waals surface area contributed by atoms with Crippen LogP contribution in [0.4, 0.5) is 10.1 Å². The number of aromatic nitrogens is 2. The Labute approximate surface area is 147 Å². The van der Waals surface area contributed by atoms with Gasteiger partial charge in [0.2, 0.25) is 10.0 Å². The lowest BCUT2D eigenvalue weighted by molar-refractivity contribution is 0.0978. The second kappa shape index (κ2) is 6.01. The maximum Gasteiger partial charge on any atom is 0.267 e. The molecular weight excluding hydrogens is 371 g/mol. The fourth-order valence-electron chi connectivity index (χ4n) is 2.34. The number of carbonyl (C=O) groups excluding carboxylic acids is 1. The summed E-state index contributed by atoms with van der Waals surface area (Å²) in [6.45, 7) is 0. The standard InChI is InChI=1S/C15H12ClFN4O3S/c1-25(23,24)20-15(22)10-5-11(16)14(6-12(10)17)21-13-3-2-9(18)4-8(13)7-19-21/h2-7H,18H2,1H3,(H,20,22). The van der Waals surface area contributed by atoms with E-state index in [0.29, 0.717) is 11.2 Å². The fourth-order valence-corrected chi connectivity index (χ4v) is 3.03. The Hall–Kier alpha value is -2.65. The zero-order chi connectivity index (χ0) is 18.4. The lowest BCUT2D eigenvalue weighted by atomic mass is 10.1. The number of nitrogens with zero attached hydrogens (tertiary/aromatic N) is 2. The van der Waals surface area contributed by atoms with Crippen molar-refractivity contribution in [1.82, 2.24) is 14.5 Å². The van der Waals surface area contributed by atoms with E-state index in [2.05, 4.69) is 5.10 Å². The fraction of sp³-hybridized carbons (Fsp3) is 0.0667. The Morgan fingerprint density at radius 1 is 1.32 bits per heavy atom. The number of anilines is 1. The molecule has 7 nitrogen and oxygen atoms in total. The summed E-state index contributed by atoms with van der Waals surface area (Å²) in [5, 5.41) is 4.92. The summed E-state index contributed by atoms with van der Waals surface area (Å²) in [7, 11) is -3.83. The van der Waals surface area contributed by atoms with Crippen LogP contribution in [0.1, 0.15) is 10.4 Å². The highest BCUT2D eigenvalue weighted by atomic mass is 35.5. The zero-order valence-electron chi connectivity index (χ0n) is 12.8. The molecular formula is C15H12ClFN4O3S. The van der Waals surface area contributed by atoms with E-state index in [9.17, 15) is 17.6 Å². The monoisotopic (exact) mass is 382 g/mol. The van der Waals surface area contributed by atoms with Crippen molar-refractivity contribution < 1.29 is 17.6 Å². The number of nitrogens with two attached hydrogens (primary N) is 1. The van der Waals surface area contributed by atoms with Crippen LogP contribution in [0.5, 0.6) is 0 Å². The number of rotatable bonds is 3. The Kier molecular flexibility index (Phi) is 4.13. The lowest BCUT2D eigenvalue weighted by Crippen LogP contribution is -2.30. The van der Waals surface area contributed by atoms with Gasteiger partial charge in [-0.3, -0.25) is 4.79 Å². The van der Waals surface area contributed by atoms with E-state index < -0.39 is 27.3 Å². The molecule has 0 aliphatic carbocycles. The molecule has 3 N–H and O–H groups in total. The molecule has 0 aliphatic rings. The van der Waals surface area contributed by atoms with Gasteiger partial charge in [0, 0.05) is 17.1 Å². The Morgan fingerprint density at radius 2 is 2.04 bits per heavy atom. The number of nitrogen functional groups attached to an aromatic ring is 1. The SMILES string of the molecule is CS(=O)(=O)NC(=O)c1cc(Cl)c(-n2ncc3cc(N)ccc32)cc1F. The number of hydrogen-bond acceptors (Lipinski definition) is 5. The van der Waals surface area contributed by atoms with Gasteiger partial charge in [0.25, 0.3) is 5.91 Å². The molecule has 3 aromatic rings. The van der Waals surface area contributed by atoms with Gasteiger partial charge in [-0.15, -0.1) is 0 Å². The largest absolute Gasteiger partial charge is 0.399 e. The topological polar surface area (TPSA) is 107 Å².